The predicted octanol–water partition coefficient (Wildman–Crippen LogP) is 2.55. The van der Waals surface area contributed by atoms with Gasteiger partial charge in [-0.3, -0.25) is 9.59 Å². The molecule has 0 bridgehead atoms. The number of morpholine rings is 1. The third-order valence-electron chi connectivity index (χ3n) is 5.75. The fourth-order valence-corrected chi connectivity index (χ4v) is 4.02. The van der Waals surface area contributed by atoms with Gasteiger partial charge in [0.05, 0.1) is 39.4 Å². The molecular formula is C24H25NO8. The second-order valence-electron chi connectivity index (χ2n) is 7.71. The fraction of sp³-hybridized carbons (Fsp3) is 0.333. The minimum atomic E-state index is -0.750. The maximum Gasteiger partial charge on any atom is 0.306 e. The van der Waals surface area contributed by atoms with E-state index in [9.17, 15) is 19.8 Å². The number of aromatic hydroxyl groups is 2. The van der Waals surface area contributed by atoms with Gasteiger partial charge in [-0.05, 0) is 29.8 Å². The van der Waals surface area contributed by atoms with Crippen LogP contribution in [0.3, 0.4) is 0 Å². The summed E-state index contributed by atoms with van der Waals surface area (Å²) in [6.07, 6.45) is 1.51. The maximum absolute atomic E-state index is 13.0. The molecule has 9 nitrogen and oxygen atoms in total. The topological polar surface area (TPSA) is 115 Å². The molecule has 1 fully saturated rings. The molecule has 0 saturated carbocycles. The largest absolute Gasteiger partial charge is 0.508 e. The number of esters is 1. The van der Waals surface area contributed by atoms with Crippen molar-refractivity contribution in [3.8, 4) is 23.0 Å². The van der Waals surface area contributed by atoms with Gasteiger partial charge in [-0.15, -0.1) is 0 Å². The Bertz CT molecular complexity index is 1100. The smallest absolute Gasteiger partial charge is 0.306 e. The predicted molar refractivity (Wildman–Crippen MR) is 117 cm³/mol. The molecule has 33 heavy (non-hydrogen) atoms. The van der Waals surface area contributed by atoms with Gasteiger partial charge in [0.2, 0.25) is 5.78 Å². The first kappa shape index (κ1) is 22.5. The molecule has 2 aliphatic rings. The normalized spacial score (nSPS) is 17.5. The Kier molecular flexibility index (Phi) is 6.41. The molecule has 1 saturated heterocycles. The van der Waals surface area contributed by atoms with Crippen molar-refractivity contribution in [3.63, 3.8) is 0 Å². The van der Waals surface area contributed by atoms with Crippen LogP contribution in [0.4, 0.5) is 0 Å². The molecule has 1 atom stereocenters. The van der Waals surface area contributed by atoms with Crippen molar-refractivity contribution in [2.45, 2.75) is 12.3 Å². The van der Waals surface area contributed by atoms with Crippen LogP contribution < -0.4 is 9.47 Å². The lowest BCUT2D eigenvalue weighted by molar-refractivity contribution is -0.140. The van der Waals surface area contributed by atoms with E-state index in [-0.39, 0.29) is 52.1 Å². The van der Waals surface area contributed by atoms with E-state index < -0.39 is 11.9 Å². The van der Waals surface area contributed by atoms with Crippen molar-refractivity contribution in [1.29, 1.82) is 0 Å². The molecule has 0 radical (unpaired) electrons. The molecule has 0 spiro atoms. The molecular weight excluding hydrogens is 430 g/mol. The highest BCUT2D eigenvalue weighted by Crippen LogP contribution is 2.47. The lowest BCUT2D eigenvalue weighted by Gasteiger charge is -2.25. The van der Waals surface area contributed by atoms with Crippen molar-refractivity contribution >= 4 is 11.8 Å². The van der Waals surface area contributed by atoms with Crippen LogP contribution in [0, 0.1) is 0 Å². The van der Waals surface area contributed by atoms with Crippen LogP contribution in [0.25, 0.3) is 0 Å². The number of ether oxygens (including phenoxy) is 4. The van der Waals surface area contributed by atoms with E-state index in [4.69, 9.17) is 18.9 Å². The number of ketones is 1. The fourth-order valence-electron chi connectivity index (χ4n) is 4.02. The highest BCUT2D eigenvalue weighted by molar-refractivity contribution is 6.12. The molecule has 2 N–H and O–H groups in total. The summed E-state index contributed by atoms with van der Waals surface area (Å²) in [6.45, 7) is 2.37. The standard InChI is InChI=1S/C24H25NO8/c1-30-19-6-3-14(11-18(19)27)16(12-21(28)31-2)22-17(26)5-4-15-23(29)20(33-24(15)22)13-25-7-9-32-10-8-25/h3-6,11,13,16,26-27H,7-10,12H2,1-2H3. The van der Waals surface area contributed by atoms with Gasteiger partial charge in [-0.25, -0.2) is 0 Å². The molecule has 0 amide bonds. The number of fused-ring (bicyclic) bond motifs is 1. The number of methoxy groups -OCH3 is 2. The van der Waals surface area contributed by atoms with E-state index in [1.54, 1.807) is 18.3 Å². The minimum absolute atomic E-state index is 0.123. The SMILES string of the molecule is COC(=O)CC(c1ccc(OC)c(O)c1)c1c(O)ccc2c1OC(=CN1CCOCC1)C2=O. The highest BCUT2D eigenvalue weighted by atomic mass is 16.5. The van der Waals surface area contributed by atoms with Crippen LogP contribution in [0.15, 0.2) is 42.3 Å². The Morgan fingerprint density at radius 1 is 1.15 bits per heavy atom. The summed E-state index contributed by atoms with van der Waals surface area (Å²) in [4.78, 5) is 27.2. The number of rotatable bonds is 6. The maximum atomic E-state index is 13.0. The molecule has 9 heteroatoms. The van der Waals surface area contributed by atoms with E-state index in [1.807, 2.05) is 4.90 Å². The lowest BCUT2D eigenvalue weighted by Crippen LogP contribution is -2.32. The van der Waals surface area contributed by atoms with Crippen molar-refractivity contribution < 1.29 is 38.7 Å². The number of Topliss-reactive ketones (excluding diaryl/α,β-unsaturated/α-hetero) is 1. The van der Waals surface area contributed by atoms with Crippen LogP contribution in [0.1, 0.15) is 33.8 Å². The average Bonchev–Trinajstić information content (AvgIpc) is 3.13. The number of hydrogen-bond donors (Lipinski definition) is 2. The molecule has 2 heterocycles. The quantitative estimate of drug-likeness (QED) is 0.501. The van der Waals surface area contributed by atoms with Crippen LogP contribution in [0.5, 0.6) is 23.0 Å². The first-order valence-corrected chi connectivity index (χ1v) is 10.5. The zero-order valence-corrected chi connectivity index (χ0v) is 18.4. The Labute approximate surface area is 190 Å². The van der Waals surface area contributed by atoms with E-state index in [1.165, 1.54) is 32.4 Å². The van der Waals surface area contributed by atoms with E-state index >= 15 is 0 Å². The minimum Gasteiger partial charge on any atom is -0.508 e. The number of hydrogen-bond acceptors (Lipinski definition) is 9. The first-order valence-electron chi connectivity index (χ1n) is 10.5. The van der Waals surface area contributed by atoms with Gasteiger partial charge in [0.25, 0.3) is 0 Å². The van der Waals surface area contributed by atoms with Crippen molar-refractivity contribution in [3.05, 3.63) is 59.0 Å². The van der Waals surface area contributed by atoms with E-state index in [2.05, 4.69) is 0 Å². The molecule has 2 aromatic carbocycles. The van der Waals surface area contributed by atoms with Crippen LogP contribution in [-0.2, 0) is 14.3 Å². The van der Waals surface area contributed by atoms with Gasteiger partial charge in [0.15, 0.2) is 17.3 Å². The molecule has 0 aromatic heterocycles. The van der Waals surface area contributed by atoms with Gasteiger partial charge in [0, 0.05) is 30.8 Å². The number of nitrogens with zero attached hydrogens (tertiary/aromatic N) is 1. The molecule has 2 aliphatic heterocycles. The summed E-state index contributed by atoms with van der Waals surface area (Å²) in [6, 6.07) is 7.59. The van der Waals surface area contributed by atoms with Gasteiger partial charge >= 0.3 is 5.97 Å². The molecule has 4 rings (SSSR count). The summed E-state index contributed by atoms with van der Waals surface area (Å²) in [5, 5.41) is 21.1. The van der Waals surface area contributed by atoms with Crippen LogP contribution >= 0.6 is 0 Å². The number of carbonyl (C=O) groups excluding carboxylic acids is 2. The van der Waals surface area contributed by atoms with Crippen LogP contribution in [0.2, 0.25) is 0 Å². The molecule has 0 aliphatic carbocycles. The second kappa shape index (κ2) is 9.41. The number of phenols is 2. The zero-order valence-electron chi connectivity index (χ0n) is 18.4. The summed E-state index contributed by atoms with van der Waals surface area (Å²) < 4.78 is 21.3. The summed E-state index contributed by atoms with van der Waals surface area (Å²) >= 11 is 0. The van der Waals surface area contributed by atoms with Gasteiger partial charge in [-0.1, -0.05) is 6.07 Å². The molecule has 1 unspecified atom stereocenters. The van der Waals surface area contributed by atoms with Crippen molar-refractivity contribution in [2.24, 2.45) is 0 Å². The van der Waals surface area contributed by atoms with E-state index in [0.717, 1.165) is 0 Å². The third-order valence-corrected chi connectivity index (χ3v) is 5.75. The molecule has 2 aromatic rings. The molecule has 174 valence electrons. The first-order chi connectivity index (χ1) is 15.9. The van der Waals surface area contributed by atoms with Gasteiger partial charge < -0.3 is 34.1 Å². The summed E-state index contributed by atoms with van der Waals surface area (Å²) in [5.41, 5.74) is 1.07. The Hall–Kier alpha value is -3.72. The highest BCUT2D eigenvalue weighted by Gasteiger charge is 2.36. The summed E-state index contributed by atoms with van der Waals surface area (Å²) in [5.74, 6) is -1.27. The Morgan fingerprint density at radius 2 is 1.91 bits per heavy atom. The average molecular weight is 455 g/mol. The Morgan fingerprint density at radius 3 is 2.58 bits per heavy atom. The number of benzene rings is 2. The Balaban J connectivity index is 1.78. The number of carbonyl (C=O) groups is 2. The monoisotopic (exact) mass is 455 g/mol. The third kappa shape index (κ3) is 4.45. The summed E-state index contributed by atoms with van der Waals surface area (Å²) in [7, 11) is 2.70. The number of phenolic OH excluding ortho intramolecular Hbond substituents is 2. The van der Waals surface area contributed by atoms with Crippen molar-refractivity contribution in [1.82, 2.24) is 4.90 Å². The second-order valence-corrected chi connectivity index (χ2v) is 7.71. The lowest BCUT2D eigenvalue weighted by atomic mass is 9.86. The zero-order chi connectivity index (χ0) is 23.5. The van der Waals surface area contributed by atoms with Crippen LogP contribution in [-0.4, -0.2) is 67.4 Å². The number of allylic oxidation sites excluding steroid dienone is 1. The van der Waals surface area contributed by atoms with Crippen molar-refractivity contribution in [2.75, 3.05) is 40.5 Å². The van der Waals surface area contributed by atoms with Gasteiger partial charge in [0.1, 0.15) is 11.5 Å². The van der Waals surface area contributed by atoms with Gasteiger partial charge in [-0.2, -0.15) is 0 Å². The van der Waals surface area contributed by atoms with E-state index in [0.29, 0.717) is 31.9 Å².